The molecule has 32 heavy (non-hydrogen) atoms. The Kier molecular flexibility index (Phi) is 5.53. The Bertz CT molecular complexity index is 1180. The summed E-state index contributed by atoms with van der Waals surface area (Å²) >= 11 is 0. The number of carbonyl (C=O) groups is 1. The first-order chi connectivity index (χ1) is 15.5. The number of aromatic nitrogens is 1. The lowest BCUT2D eigenvalue weighted by Crippen LogP contribution is -2.36. The summed E-state index contributed by atoms with van der Waals surface area (Å²) in [5, 5.41) is 10.6. The van der Waals surface area contributed by atoms with E-state index in [-0.39, 0.29) is 12.0 Å². The standard InChI is InChI=1S/C28H30N2O2/c1-3-19-11-13-30(26(16-19)21-6-8-22(9-7-21)28(31)32)17-25-23(15-20-4-5-20)14-18(2)27-24(25)10-12-29-27/h1,6-10,12,14,19-20,26,29H,4-5,11,13,15-17H2,2H3,(H,31,32)/t19-,26+/m1/s1. The van der Waals surface area contributed by atoms with E-state index in [9.17, 15) is 9.90 Å². The van der Waals surface area contributed by atoms with Crippen LogP contribution < -0.4 is 0 Å². The van der Waals surface area contributed by atoms with E-state index in [0.717, 1.165) is 43.8 Å². The Labute approximate surface area is 189 Å². The van der Waals surface area contributed by atoms with Gasteiger partial charge in [-0.1, -0.05) is 18.2 Å². The minimum absolute atomic E-state index is 0.191. The number of aromatic carboxylic acids is 1. The van der Waals surface area contributed by atoms with Crippen LogP contribution in [0.2, 0.25) is 0 Å². The van der Waals surface area contributed by atoms with E-state index in [0.29, 0.717) is 5.56 Å². The van der Waals surface area contributed by atoms with E-state index in [4.69, 9.17) is 6.42 Å². The number of nitrogens with one attached hydrogen (secondary N) is 1. The third-order valence-corrected chi connectivity index (χ3v) is 7.30. The first kappa shape index (κ1) is 20.8. The van der Waals surface area contributed by atoms with Crippen molar-refractivity contribution in [3.05, 3.63) is 70.4 Å². The minimum Gasteiger partial charge on any atom is -0.478 e. The van der Waals surface area contributed by atoms with Gasteiger partial charge in [0.05, 0.1) is 5.56 Å². The van der Waals surface area contributed by atoms with Crippen LogP contribution in [0.3, 0.4) is 0 Å². The first-order valence-corrected chi connectivity index (χ1v) is 11.7. The molecule has 3 aromatic rings. The molecule has 0 unspecified atom stereocenters. The maximum absolute atomic E-state index is 11.3. The summed E-state index contributed by atoms with van der Waals surface area (Å²) in [7, 11) is 0. The first-order valence-electron chi connectivity index (χ1n) is 11.7. The van der Waals surface area contributed by atoms with Crippen LogP contribution in [0.5, 0.6) is 0 Å². The average Bonchev–Trinajstić information content (AvgIpc) is 3.47. The molecule has 1 aliphatic carbocycles. The van der Waals surface area contributed by atoms with E-state index in [2.05, 4.69) is 41.1 Å². The molecular weight excluding hydrogens is 396 g/mol. The van der Waals surface area contributed by atoms with Crippen molar-refractivity contribution in [3.8, 4) is 12.3 Å². The Hall–Kier alpha value is -3.03. The Morgan fingerprint density at radius 1 is 1.22 bits per heavy atom. The summed E-state index contributed by atoms with van der Waals surface area (Å²) in [5.74, 6) is 3.17. The Balaban J connectivity index is 1.50. The van der Waals surface area contributed by atoms with Gasteiger partial charge in [0, 0.05) is 42.1 Å². The highest BCUT2D eigenvalue weighted by molar-refractivity contribution is 5.88. The zero-order valence-electron chi connectivity index (χ0n) is 18.6. The highest BCUT2D eigenvalue weighted by Crippen LogP contribution is 2.39. The van der Waals surface area contributed by atoms with Crippen LogP contribution in [0.25, 0.3) is 10.9 Å². The van der Waals surface area contributed by atoms with Crippen LogP contribution in [0.1, 0.15) is 64.3 Å². The van der Waals surface area contributed by atoms with Crippen LogP contribution in [0.4, 0.5) is 0 Å². The molecule has 0 amide bonds. The summed E-state index contributed by atoms with van der Waals surface area (Å²) in [4.78, 5) is 17.3. The van der Waals surface area contributed by atoms with E-state index in [1.54, 1.807) is 12.1 Å². The Morgan fingerprint density at radius 2 is 2.00 bits per heavy atom. The molecule has 0 bridgehead atoms. The van der Waals surface area contributed by atoms with Crippen molar-refractivity contribution in [2.24, 2.45) is 11.8 Å². The van der Waals surface area contributed by atoms with Crippen molar-refractivity contribution in [1.82, 2.24) is 9.88 Å². The van der Waals surface area contributed by atoms with Crippen molar-refractivity contribution in [3.63, 3.8) is 0 Å². The fourth-order valence-electron chi connectivity index (χ4n) is 5.29. The second-order valence-corrected chi connectivity index (χ2v) is 9.55. The third kappa shape index (κ3) is 4.06. The molecule has 1 saturated heterocycles. The SMILES string of the molecule is C#C[C@@H]1CCN(Cc2c(CC3CC3)cc(C)c3[nH]ccc23)[C@H](c2ccc(C(=O)O)cc2)C1. The number of nitrogens with zero attached hydrogens (tertiary/aromatic N) is 1. The molecule has 164 valence electrons. The lowest BCUT2D eigenvalue weighted by Gasteiger charge is -2.39. The van der Waals surface area contributed by atoms with Crippen LogP contribution in [-0.2, 0) is 13.0 Å². The summed E-state index contributed by atoms with van der Waals surface area (Å²) < 4.78 is 0. The molecule has 2 N–H and O–H groups in total. The van der Waals surface area contributed by atoms with Gasteiger partial charge in [-0.05, 0) is 85.4 Å². The summed E-state index contributed by atoms with van der Waals surface area (Å²) in [6.07, 6.45) is 13.6. The quantitative estimate of drug-likeness (QED) is 0.496. The molecule has 2 aliphatic rings. The van der Waals surface area contributed by atoms with Crippen molar-refractivity contribution in [1.29, 1.82) is 0 Å². The van der Waals surface area contributed by atoms with Gasteiger partial charge in [-0.15, -0.1) is 12.3 Å². The number of piperidine rings is 1. The molecular formula is C28H30N2O2. The highest BCUT2D eigenvalue weighted by Gasteiger charge is 2.31. The molecule has 0 spiro atoms. The smallest absolute Gasteiger partial charge is 0.335 e. The zero-order valence-corrected chi connectivity index (χ0v) is 18.6. The third-order valence-electron chi connectivity index (χ3n) is 7.30. The number of terminal acetylenes is 1. The molecule has 5 rings (SSSR count). The van der Waals surface area contributed by atoms with Gasteiger partial charge in [-0.25, -0.2) is 4.79 Å². The number of hydrogen-bond acceptors (Lipinski definition) is 2. The topological polar surface area (TPSA) is 56.3 Å². The number of fused-ring (bicyclic) bond motifs is 1. The van der Waals surface area contributed by atoms with Gasteiger partial charge in [0.15, 0.2) is 0 Å². The summed E-state index contributed by atoms with van der Waals surface area (Å²) in [5.41, 5.74) is 6.94. The molecule has 1 aromatic heterocycles. The number of hydrogen-bond donors (Lipinski definition) is 2. The number of carboxylic acid groups (broad SMARTS) is 1. The molecule has 0 radical (unpaired) electrons. The fraction of sp³-hybridized carbons (Fsp3) is 0.393. The van der Waals surface area contributed by atoms with Crippen molar-refractivity contribution in [2.75, 3.05) is 6.54 Å². The number of H-pyrrole nitrogens is 1. The van der Waals surface area contributed by atoms with Crippen LogP contribution in [0.15, 0.2) is 42.6 Å². The van der Waals surface area contributed by atoms with Gasteiger partial charge in [0.2, 0.25) is 0 Å². The van der Waals surface area contributed by atoms with Crippen molar-refractivity contribution < 1.29 is 9.90 Å². The number of aromatic amines is 1. The van der Waals surface area contributed by atoms with Crippen molar-refractivity contribution >= 4 is 16.9 Å². The average molecular weight is 427 g/mol. The summed E-state index contributed by atoms with van der Waals surface area (Å²) in [6, 6.07) is 12.2. The van der Waals surface area contributed by atoms with Gasteiger partial charge in [0.1, 0.15) is 0 Å². The monoisotopic (exact) mass is 426 g/mol. The van der Waals surface area contributed by atoms with Crippen LogP contribution >= 0.6 is 0 Å². The number of aryl methyl sites for hydroxylation is 1. The van der Waals surface area contributed by atoms with E-state index in [1.807, 2.05) is 12.1 Å². The fourth-order valence-corrected chi connectivity index (χ4v) is 5.29. The largest absolute Gasteiger partial charge is 0.478 e. The maximum Gasteiger partial charge on any atom is 0.335 e. The lowest BCUT2D eigenvalue weighted by molar-refractivity contribution is 0.0696. The van der Waals surface area contributed by atoms with E-state index >= 15 is 0 Å². The molecule has 4 nitrogen and oxygen atoms in total. The van der Waals surface area contributed by atoms with E-state index in [1.165, 1.54) is 40.4 Å². The predicted molar refractivity (Wildman–Crippen MR) is 128 cm³/mol. The number of benzene rings is 2. The van der Waals surface area contributed by atoms with Gasteiger partial charge < -0.3 is 10.1 Å². The second kappa shape index (κ2) is 8.48. The number of carboxylic acids is 1. The zero-order chi connectivity index (χ0) is 22.2. The van der Waals surface area contributed by atoms with E-state index < -0.39 is 5.97 Å². The molecule has 4 heteroatoms. The molecule has 2 aromatic carbocycles. The summed E-state index contributed by atoms with van der Waals surface area (Å²) in [6.45, 7) is 4.03. The molecule has 2 atom stereocenters. The van der Waals surface area contributed by atoms with Gasteiger partial charge >= 0.3 is 5.97 Å². The maximum atomic E-state index is 11.3. The van der Waals surface area contributed by atoms with Gasteiger partial charge in [-0.3, -0.25) is 4.90 Å². The molecule has 2 fully saturated rings. The lowest BCUT2D eigenvalue weighted by atomic mass is 9.86. The molecule has 2 heterocycles. The van der Waals surface area contributed by atoms with Crippen LogP contribution in [0, 0.1) is 31.1 Å². The number of rotatable bonds is 6. The normalized spacial score (nSPS) is 21.5. The minimum atomic E-state index is -0.891. The van der Waals surface area contributed by atoms with Crippen molar-refractivity contribution in [2.45, 2.75) is 51.6 Å². The van der Waals surface area contributed by atoms with Gasteiger partial charge in [-0.2, -0.15) is 0 Å². The number of likely N-dealkylation sites (tertiary alicyclic amines) is 1. The Morgan fingerprint density at radius 3 is 2.69 bits per heavy atom. The van der Waals surface area contributed by atoms with Gasteiger partial charge in [0.25, 0.3) is 0 Å². The second-order valence-electron chi connectivity index (χ2n) is 9.55. The molecule has 1 saturated carbocycles. The molecule has 1 aliphatic heterocycles. The van der Waals surface area contributed by atoms with Crippen LogP contribution in [-0.4, -0.2) is 27.5 Å². The highest BCUT2D eigenvalue weighted by atomic mass is 16.4. The predicted octanol–water partition coefficient (Wildman–Crippen LogP) is 5.71.